The zero-order chi connectivity index (χ0) is 16.4. The van der Waals surface area contributed by atoms with Crippen molar-refractivity contribution in [3.05, 3.63) is 29.3 Å². The zero-order valence-electron chi connectivity index (χ0n) is 13.7. The van der Waals surface area contributed by atoms with Crippen molar-refractivity contribution in [3.8, 4) is 0 Å². The molecule has 3 rings (SSSR count). The maximum atomic E-state index is 12.6. The summed E-state index contributed by atoms with van der Waals surface area (Å²) in [5.41, 5.74) is 3.10. The molecule has 1 saturated carbocycles. The molecule has 0 radical (unpaired) electrons. The van der Waals surface area contributed by atoms with E-state index in [4.69, 9.17) is 5.84 Å². The first-order chi connectivity index (χ1) is 11.1. The summed E-state index contributed by atoms with van der Waals surface area (Å²) in [7, 11) is 0. The maximum Gasteiger partial charge on any atom is 0.209 e. The van der Waals surface area contributed by atoms with Crippen molar-refractivity contribution < 1.29 is 4.79 Å². The van der Waals surface area contributed by atoms with Crippen LogP contribution in [0.4, 0.5) is 0 Å². The standard InChI is InChI=1S/C16H23N5OS/c1-11-8-14(12(2)21(11)13-6-4-3-5-7-13)15(22)9-23-16-19-18-10-20(16)17/h8,10,13H,3-7,9,17H2,1-2H3. The van der Waals surface area contributed by atoms with Crippen LogP contribution in [0.15, 0.2) is 17.6 Å². The number of aromatic nitrogens is 4. The number of nitrogens with zero attached hydrogens (tertiary/aromatic N) is 4. The van der Waals surface area contributed by atoms with E-state index >= 15 is 0 Å². The van der Waals surface area contributed by atoms with E-state index in [9.17, 15) is 4.79 Å². The number of ketones is 1. The summed E-state index contributed by atoms with van der Waals surface area (Å²) < 4.78 is 3.70. The number of Topliss-reactive ketones (excluding diaryl/α,β-unsaturated/α-hetero) is 1. The molecule has 0 saturated heterocycles. The van der Waals surface area contributed by atoms with E-state index in [1.165, 1.54) is 60.6 Å². The van der Waals surface area contributed by atoms with Gasteiger partial charge in [-0.25, -0.2) is 4.68 Å². The van der Waals surface area contributed by atoms with Gasteiger partial charge in [0, 0.05) is 23.0 Å². The van der Waals surface area contributed by atoms with Crippen LogP contribution in [-0.4, -0.2) is 31.0 Å². The molecule has 0 aliphatic heterocycles. The minimum Gasteiger partial charge on any atom is -0.345 e. The van der Waals surface area contributed by atoms with Crippen LogP contribution < -0.4 is 5.84 Å². The summed E-state index contributed by atoms with van der Waals surface area (Å²) in [4.78, 5) is 12.6. The van der Waals surface area contributed by atoms with Gasteiger partial charge in [0.15, 0.2) is 5.78 Å². The first kappa shape index (κ1) is 16.1. The van der Waals surface area contributed by atoms with Crippen molar-refractivity contribution in [2.75, 3.05) is 11.6 Å². The number of carbonyl (C=O) groups excluding carboxylic acids is 1. The first-order valence-electron chi connectivity index (χ1n) is 8.07. The SMILES string of the molecule is Cc1cc(C(=O)CSc2nncn2N)c(C)n1C1CCCCC1. The summed E-state index contributed by atoms with van der Waals surface area (Å²) in [6.07, 6.45) is 7.77. The lowest BCUT2D eigenvalue weighted by Crippen LogP contribution is -2.16. The van der Waals surface area contributed by atoms with Gasteiger partial charge in [-0.3, -0.25) is 4.79 Å². The molecule has 0 amide bonds. The summed E-state index contributed by atoms with van der Waals surface area (Å²) >= 11 is 1.32. The second-order valence-corrected chi connectivity index (χ2v) is 7.12. The van der Waals surface area contributed by atoms with Crippen LogP contribution in [-0.2, 0) is 0 Å². The molecule has 0 bridgehead atoms. The lowest BCUT2D eigenvalue weighted by Gasteiger charge is -2.26. The monoisotopic (exact) mass is 333 g/mol. The van der Waals surface area contributed by atoms with Gasteiger partial charge >= 0.3 is 0 Å². The molecular weight excluding hydrogens is 310 g/mol. The molecule has 2 N–H and O–H groups in total. The predicted octanol–water partition coefficient (Wildman–Crippen LogP) is 2.89. The Hall–Kier alpha value is -1.76. The molecule has 1 aliphatic carbocycles. The third kappa shape index (κ3) is 3.29. The smallest absolute Gasteiger partial charge is 0.209 e. The minimum absolute atomic E-state index is 0.119. The van der Waals surface area contributed by atoms with Gasteiger partial charge in [-0.05, 0) is 32.8 Å². The number of carbonyl (C=O) groups is 1. The van der Waals surface area contributed by atoms with E-state index in [1.54, 1.807) is 0 Å². The number of nitrogens with two attached hydrogens (primary N) is 1. The van der Waals surface area contributed by atoms with E-state index in [1.807, 2.05) is 6.07 Å². The number of nitrogen functional groups attached to an aromatic ring is 1. The summed E-state index contributed by atoms with van der Waals surface area (Å²) in [5.74, 6) is 6.12. The molecule has 1 aliphatic rings. The van der Waals surface area contributed by atoms with Crippen LogP contribution in [0.1, 0.15) is 59.9 Å². The molecule has 0 aromatic carbocycles. The van der Waals surface area contributed by atoms with Crippen LogP contribution in [0.2, 0.25) is 0 Å². The summed E-state index contributed by atoms with van der Waals surface area (Å²) in [6.45, 7) is 4.16. The molecule has 7 heteroatoms. The zero-order valence-corrected chi connectivity index (χ0v) is 14.5. The molecule has 6 nitrogen and oxygen atoms in total. The quantitative estimate of drug-likeness (QED) is 0.517. The first-order valence-corrected chi connectivity index (χ1v) is 9.06. The Kier molecular flexibility index (Phi) is 4.75. The second-order valence-electron chi connectivity index (χ2n) is 6.18. The lowest BCUT2D eigenvalue weighted by atomic mass is 9.95. The Bertz CT molecular complexity index is 699. The van der Waals surface area contributed by atoms with Crippen molar-refractivity contribution >= 4 is 17.5 Å². The largest absolute Gasteiger partial charge is 0.345 e. The average Bonchev–Trinajstić information content (AvgIpc) is 3.09. The van der Waals surface area contributed by atoms with E-state index in [0.717, 1.165) is 11.3 Å². The van der Waals surface area contributed by atoms with Gasteiger partial charge in [0.2, 0.25) is 5.16 Å². The number of hydrogen-bond donors (Lipinski definition) is 1. The number of aryl methyl sites for hydroxylation is 1. The molecule has 2 heterocycles. The highest BCUT2D eigenvalue weighted by atomic mass is 32.2. The molecule has 2 aromatic rings. The van der Waals surface area contributed by atoms with Crippen molar-refractivity contribution in [1.29, 1.82) is 0 Å². The Balaban J connectivity index is 1.74. The molecule has 124 valence electrons. The molecule has 0 atom stereocenters. The molecule has 2 aromatic heterocycles. The third-order valence-electron chi connectivity index (χ3n) is 4.60. The van der Waals surface area contributed by atoms with Gasteiger partial charge in [0.25, 0.3) is 0 Å². The fourth-order valence-corrected chi connectivity index (χ4v) is 4.22. The maximum absolute atomic E-state index is 12.6. The van der Waals surface area contributed by atoms with E-state index in [2.05, 4.69) is 28.6 Å². The van der Waals surface area contributed by atoms with Crippen LogP contribution >= 0.6 is 11.8 Å². The second kappa shape index (κ2) is 6.78. The van der Waals surface area contributed by atoms with Gasteiger partial charge in [-0.15, -0.1) is 10.2 Å². The van der Waals surface area contributed by atoms with E-state index < -0.39 is 0 Å². The Morgan fingerprint density at radius 3 is 2.74 bits per heavy atom. The Morgan fingerprint density at radius 2 is 2.09 bits per heavy atom. The predicted molar refractivity (Wildman–Crippen MR) is 91.3 cm³/mol. The lowest BCUT2D eigenvalue weighted by molar-refractivity contribution is 0.102. The minimum atomic E-state index is 0.119. The highest BCUT2D eigenvalue weighted by Gasteiger charge is 2.22. The van der Waals surface area contributed by atoms with Crippen molar-refractivity contribution in [1.82, 2.24) is 19.4 Å². The van der Waals surface area contributed by atoms with E-state index in [0.29, 0.717) is 17.0 Å². The molecule has 0 spiro atoms. The van der Waals surface area contributed by atoms with Crippen molar-refractivity contribution in [3.63, 3.8) is 0 Å². The summed E-state index contributed by atoms with van der Waals surface area (Å²) in [6, 6.07) is 2.57. The Labute approximate surface area is 140 Å². The molecule has 23 heavy (non-hydrogen) atoms. The molecule has 1 fully saturated rings. The number of thioether (sulfide) groups is 1. The fourth-order valence-electron chi connectivity index (χ4n) is 3.50. The van der Waals surface area contributed by atoms with Crippen LogP contribution in [0.3, 0.4) is 0 Å². The fraction of sp³-hybridized carbons (Fsp3) is 0.562. The topological polar surface area (TPSA) is 78.7 Å². The molecular formula is C16H23N5OS. The number of rotatable bonds is 5. The Morgan fingerprint density at radius 1 is 1.35 bits per heavy atom. The third-order valence-corrected chi connectivity index (χ3v) is 5.55. The van der Waals surface area contributed by atoms with Gasteiger partial charge in [-0.1, -0.05) is 31.0 Å². The van der Waals surface area contributed by atoms with Gasteiger partial charge < -0.3 is 10.4 Å². The van der Waals surface area contributed by atoms with Crippen LogP contribution in [0, 0.1) is 13.8 Å². The van der Waals surface area contributed by atoms with Crippen molar-refractivity contribution in [2.45, 2.75) is 57.1 Å². The van der Waals surface area contributed by atoms with Gasteiger partial charge in [-0.2, -0.15) is 0 Å². The van der Waals surface area contributed by atoms with Crippen LogP contribution in [0.5, 0.6) is 0 Å². The summed E-state index contributed by atoms with van der Waals surface area (Å²) in [5, 5.41) is 8.17. The van der Waals surface area contributed by atoms with Crippen LogP contribution in [0.25, 0.3) is 0 Å². The van der Waals surface area contributed by atoms with Gasteiger partial charge in [0.1, 0.15) is 6.33 Å². The molecule has 0 unspecified atom stereocenters. The van der Waals surface area contributed by atoms with E-state index in [-0.39, 0.29) is 5.78 Å². The normalized spacial score (nSPS) is 15.9. The highest BCUT2D eigenvalue weighted by Crippen LogP contribution is 2.32. The highest BCUT2D eigenvalue weighted by molar-refractivity contribution is 7.99. The number of hydrogen-bond acceptors (Lipinski definition) is 5. The van der Waals surface area contributed by atoms with Gasteiger partial charge in [0.05, 0.1) is 5.75 Å². The average molecular weight is 333 g/mol. The van der Waals surface area contributed by atoms with Crippen molar-refractivity contribution in [2.24, 2.45) is 0 Å².